The van der Waals surface area contributed by atoms with Crippen molar-refractivity contribution in [2.24, 2.45) is 5.92 Å². The van der Waals surface area contributed by atoms with Gasteiger partial charge < -0.3 is 14.6 Å². The molecule has 0 fully saturated rings. The molecule has 3 aromatic rings. The molecule has 1 aromatic carbocycles. The predicted molar refractivity (Wildman–Crippen MR) is 118 cm³/mol. The molecule has 0 aliphatic heterocycles. The van der Waals surface area contributed by atoms with Crippen molar-refractivity contribution in [3.63, 3.8) is 0 Å². The number of nitrogens with one attached hydrogen (secondary N) is 1. The molecule has 3 rings (SSSR count). The predicted octanol–water partition coefficient (Wildman–Crippen LogP) is 4.41. The van der Waals surface area contributed by atoms with Crippen LogP contribution in [0, 0.1) is 19.8 Å². The molecule has 7 nitrogen and oxygen atoms in total. The van der Waals surface area contributed by atoms with E-state index in [1.165, 1.54) is 23.1 Å². The van der Waals surface area contributed by atoms with Gasteiger partial charge in [0.05, 0.1) is 24.1 Å². The fraction of sp³-hybridized carbons (Fsp3) is 0.400. The van der Waals surface area contributed by atoms with E-state index in [1.54, 1.807) is 7.11 Å². The zero-order valence-corrected chi connectivity index (χ0v) is 18.9. The molecular formula is C20H25N5O2S2. The molecule has 1 amide bonds. The largest absolute Gasteiger partial charge is 0.496 e. The minimum atomic E-state index is -0.110. The Morgan fingerprint density at radius 3 is 2.69 bits per heavy atom. The van der Waals surface area contributed by atoms with Gasteiger partial charge in [0, 0.05) is 11.4 Å². The first-order valence-corrected chi connectivity index (χ1v) is 11.1. The van der Waals surface area contributed by atoms with Crippen LogP contribution in [0.1, 0.15) is 24.4 Å². The molecular weight excluding hydrogens is 406 g/mol. The van der Waals surface area contributed by atoms with Crippen LogP contribution >= 0.6 is 23.1 Å². The van der Waals surface area contributed by atoms with Gasteiger partial charge in [0.15, 0.2) is 16.1 Å². The van der Waals surface area contributed by atoms with Crippen LogP contribution in [0.25, 0.3) is 11.4 Å². The lowest BCUT2D eigenvalue weighted by molar-refractivity contribution is -0.113. The highest BCUT2D eigenvalue weighted by molar-refractivity contribution is 7.99. The lowest BCUT2D eigenvalue weighted by atomic mass is 10.1. The normalized spacial score (nSPS) is 11.1. The number of benzene rings is 1. The summed E-state index contributed by atoms with van der Waals surface area (Å²) >= 11 is 2.85. The van der Waals surface area contributed by atoms with Gasteiger partial charge in [-0.15, -0.1) is 21.5 Å². The van der Waals surface area contributed by atoms with E-state index in [0.717, 1.165) is 34.3 Å². The highest BCUT2D eigenvalue weighted by atomic mass is 32.2. The molecule has 2 aromatic heterocycles. The summed E-state index contributed by atoms with van der Waals surface area (Å²) in [7, 11) is 1.64. The van der Waals surface area contributed by atoms with Gasteiger partial charge in [-0.2, -0.15) is 0 Å². The maximum absolute atomic E-state index is 12.4. The van der Waals surface area contributed by atoms with E-state index in [1.807, 2.05) is 38.1 Å². The van der Waals surface area contributed by atoms with Gasteiger partial charge in [-0.3, -0.25) is 4.79 Å². The number of carbonyl (C=O) groups is 1. The van der Waals surface area contributed by atoms with Crippen LogP contribution < -0.4 is 10.1 Å². The molecule has 0 radical (unpaired) electrons. The molecule has 154 valence electrons. The number of para-hydroxylation sites is 1. The molecule has 1 N–H and O–H groups in total. The molecule has 0 spiro atoms. The number of thioether (sulfide) groups is 1. The number of ether oxygens (including phenoxy) is 1. The molecule has 0 aliphatic rings. The van der Waals surface area contributed by atoms with Gasteiger partial charge >= 0.3 is 0 Å². The molecule has 0 bridgehead atoms. The van der Waals surface area contributed by atoms with E-state index >= 15 is 0 Å². The second-order valence-electron chi connectivity index (χ2n) is 7.01. The van der Waals surface area contributed by atoms with Crippen molar-refractivity contribution in [2.45, 2.75) is 39.4 Å². The van der Waals surface area contributed by atoms with E-state index in [0.29, 0.717) is 16.2 Å². The number of anilines is 1. The number of rotatable bonds is 8. The van der Waals surface area contributed by atoms with Gasteiger partial charge in [0.1, 0.15) is 5.75 Å². The van der Waals surface area contributed by atoms with Crippen LogP contribution in [0.5, 0.6) is 5.75 Å². The third kappa shape index (κ3) is 5.16. The lowest BCUT2D eigenvalue weighted by Crippen LogP contribution is -2.15. The maximum atomic E-state index is 12.4. The topological polar surface area (TPSA) is 81.9 Å². The Kier molecular flexibility index (Phi) is 6.92. The number of carbonyl (C=O) groups excluding carboxylic acids is 1. The lowest BCUT2D eigenvalue weighted by Gasteiger charge is -2.14. The van der Waals surface area contributed by atoms with E-state index in [2.05, 4.69) is 38.9 Å². The van der Waals surface area contributed by atoms with Crippen LogP contribution in [-0.4, -0.2) is 38.5 Å². The van der Waals surface area contributed by atoms with Crippen LogP contribution in [0.2, 0.25) is 0 Å². The highest BCUT2D eigenvalue weighted by Gasteiger charge is 2.19. The summed E-state index contributed by atoms with van der Waals surface area (Å²) in [5.74, 6) is 2.01. The molecule has 0 aliphatic carbocycles. The summed E-state index contributed by atoms with van der Waals surface area (Å²) in [5, 5.41) is 12.9. The first kappa shape index (κ1) is 21.3. The van der Waals surface area contributed by atoms with Gasteiger partial charge in [-0.25, -0.2) is 4.98 Å². The summed E-state index contributed by atoms with van der Waals surface area (Å²) in [6, 6.07) is 7.74. The maximum Gasteiger partial charge on any atom is 0.236 e. The fourth-order valence-electron chi connectivity index (χ4n) is 2.77. The van der Waals surface area contributed by atoms with Gasteiger partial charge in [0.25, 0.3) is 0 Å². The Hall–Kier alpha value is -2.39. The molecule has 0 saturated carbocycles. The van der Waals surface area contributed by atoms with Crippen molar-refractivity contribution in [1.29, 1.82) is 0 Å². The molecule has 29 heavy (non-hydrogen) atoms. The minimum Gasteiger partial charge on any atom is -0.496 e. The van der Waals surface area contributed by atoms with Crippen LogP contribution in [0.3, 0.4) is 0 Å². The zero-order chi connectivity index (χ0) is 21.0. The number of nitrogens with zero attached hydrogens (tertiary/aromatic N) is 4. The number of thiazole rings is 1. The number of hydrogen-bond donors (Lipinski definition) is 1. The zero-order valence-electron chi connectivity index (χ0n) is 17.2. The number of aryl methyl sites for hydroxylation is 2. The minimum absolute atomic E-state index is 0.110. The van der Waals surface area contributed by atoms with Gasteiger partial charge in [-0.05, 0) is 31.9 Å². The number of amides is 1. The third-order valence-electron chi connectivity index (χ3n) is 4.22. The van der Waals surface area contributed by atoms with Crippen molar-refractivity contribution >= 4 is 34.1 Å². The molecule has 0 saturated heterocycles. The third-order valence-corrected chi connectivity index (χ3v) is 6.17. The van der Waals surface area contributed by atoms with Crippen molar-refractivity contribution in [3.05, 3.63) is 34.8 Å². The average molecular weight is 432 g/mol. The number of aromatic nitrogens is 4. The van der Waals surface area contributed by atoms with Crippen LogP contribution in [0.15, 0.2) is 29.4 Å². The van der Waals surface area contributed by atoms with Gasteiger partial charge in [0.2, 0.25) is 5.91 Å². The summed E-state index contributed by atoms with van der Waals surface area (Å²) in [6.07, 6.45) is 0. The summed E-state index contributed by atoms with van der Waals surface area (Å²) in [6.45, 7) is 8.95. The first-order valence-electron chi connectivity index (χ1n) is 9.32. The quantitative estimate of drug-likeness (QED) is 0.532. The summed E-state index contributed by atoms with van der Waals surface area (Å²) < 4.78 is 7.54. The van der Waals surface area contributed by atoms with Gasteiger partial charge in [-0.1, -0.05) is 37.7 Å². The molecule has 9 heteroatoms. The average Bonchev–Trinajstić information content (AvgIpc) is 3.21. The fourth-order valence-corrected chi connectivity index (χ4v) is 4.34. The van der Waals surface area contributed by atoms with Crippen molar-refractivity contribution in [3.8, 4) is 17.1 Å². The molecule has 0 unspecified atom stereocenters. The van der Waals surface area contributed by atoms with Crippen molar-refractivity contribution < 1.29 is 9.53 Å². The highest BCUT2D eigenvalue weighted by Crippen LogP contribution is 2.31. The van der Waals surface area contributed by atoms with E-state index in [9.17, 15) is 4.79 Å². The van der Waals surface area contributed by atoms with Crippen LogP contribution in [0.4, 0.5) is 5.13 Å². The monoisotopic (exact) mass is 431 g/mol. The Morgan fingerprint density at radius 2 is 2.03 bits per heavy atom. The second kappa shape index (κ2) is 9.41. The van der Waals surface area contributed by atoms with E-state index in [4.69, 9.17) is 4.74 Å². The smallest absolute Gasteiger partial charge is 0.236 e. The Balaban J connectivity index is 1.78. The second-order valence-corrected chi connectivity index (χ2v) is 9.15. The number of methoxy groups -OCH3 is 1. The number of hydrogen-bond acceptors (Lipinski definition) is 7. The Morgan fingerprint density at radius 1 is 1.28 bits per heavy atom. The standard InChI is InChI=1S/C20H25N5O2S2/c1-12(2)10-25-18(15-8-6-7-9-16(15)27-5)23-24-20(25)28-11-17(26)22-19-21-13(3)14(4)29-19/h6-9,12H,10-11H2,1-5H3,(H,21,22,26). The Labute approximate surface area is 178 Å². The SMILES string of the molecule is COc1ccccc1-c1nnc(SCC(=O)Nc2nc(C)c(C)s2)n1CC(C)C. The molecule has 0 atom stereocenters. The van der Waals surface area contributed by atoms with E-state index in [-0.39, 0.29) is 11.7 Å². The Bertz CT molecular complexity index is 977. The first-order chi connectivity index (χ1) is 13.9. The molecule has 2 heterocycles. The van der Waals surface area contributed by atoms with Crippen molar-refractivity contribution in [2.75, 3.05) is 18.2 Å². The summed E-state index contributed by atoms with van der Waals surface area (Å²) in [5.41, 5.74) is 1.82. The van der Waals surface area contributed by atoms with Crippen molar-refractivity contribution in [1.82, 2.24) is 19.7 Å². The van der Waals surface area contributed by atoms with Crippen LogP contribution in [-0.2, 0) is 11.3 Å². The van der Waals surface area contributed by atoms with E-state index < -0.39 is 0 Å². The summed E-state index contributed by atoms with van der Waals surface area (Å²) in [4.78, 5) is 17.8.